The fourth-order valence-electron chi connectivity index (χ4n) is 5.12. The number of benzene rings is 1. The normalized spacial score (nSPS) is 23.4. The van der Waals surface area contributed by atoms with Gasteiger partial charge in [-0.2, -0.15) is 0 Å². The lowest BCUT2D eigenvalue weighted by molar-refractivity contribution is -0.274. The largest absolute Gasteiger partial charge is 0.573 e. The van der Waals surface area contributed by atoms with Crippen molar-refractivity contribution in [3.63, 3.8) is 0 Å². The molecule has 1 aliphatic carbocycles. The molecule has 3 atom stereocenters. The number of aliphatic hydroxyl groups is 1. The van der Waals surface area contributed by atoms with Crippen LogP contribution in [0.15, 0.2) is 45.6 Å². The minimum atomic E-state index is -4.86. The molecule has 0 bridgehead atoms. The summed E-state index contributed by atoms with van der Waals surface area (Å²) >= 11 is 0. The van der Waals surface area contributed by atoms with Crippen LogP contribution in [0.2, 0.25) is 0 Å². The molecule has 1 aromatic heterocycles. The molecule has 1 saturated carbocycles. The van der Waals surface area contributed by atoms with Gasteiger partial charge < -0.3 is 30.1 Å². The number of hydrogen-bond donors (Lipinski definition) is 3. The Morgan fingerprint density at radius 3 is 2.59 bits per heavy atom. The van der Waals surface area contributed by atoms with Crippen molar-refractivity contribution in [2.24, 2.45) is 13.0 Å². The number of fused-ring (bicyclic) bond motifs is 1. The van der Waals surface area contributed by atoms with Crippen molar-refractivity contribution in [1.82, 2.24) is 14.5 Å². The van der Waals surface area contributed by atoms with Crippen molar-refractivity contribution in [3.05, 3.63) is 56.9 Å². The Balaban J connectivity index is 1.50. The molecule has 3 N–H and O–H groups in total. The molecule has 3 heterocycles. The fraction of sp³-hybridized carbons (Fsp3) is 0.538. The van der Waals surface area contributed by atoms with Crippen LogP contribution < -0.4 is 36.3 Å². The lowest BCUT2D eigenvalue weighted by Gasteiger charge is -2.35. The number of alkyl halides is 3. The molecule has 3 unspecified atom stereocenters. The van der Waals surface area contributed by atoms with Gasteiger partial charge in [0, 0.05) is 32.2 Å². The second kappa shape index (κ2) is 9.85. The molecule has 0 saturated heterocycles. The number of aromatic nitrogens is 2. The van der Waals surface area contributed by atoms with E-state index in [1.807, 2.05) is 13.1 Å². The highest BCUT2D eigenvalue weighted by Crippen LogP contribution is 2.39. The minimum absolute atomic E-state index is 0.0610. The lowest BCUT2D eigenvalue weighted by Crippen LogP contribution is -2.51. The van der Waals surface area contributed by atoms with Crippen LogP contribution in [0.4, 0.5) is 24.7 Å². The summed E-state index contributed by atoms with van der Waals surface area (Å²) in [5.74, 6) is 0.0862. The standard InChI is InChI=1S/C26H32F3N5O5/c1-15-11-16(2)19(30-13-15)14-34-20-21(32(3)24(36)33(22(20)35)10-9-25(37)7-8-25)31-23(34)38-17-5-4-6-18(12-17)39-26(27,28)29/h4-6,12-13,16,19,23,30-31,37H,7-11,14H2,1-3H3. The summed E-state index contributed by atoms with van der Waals surface area (Å²) in [4.78, 5) is 28.5. The molecule has 2 aliphatic heterocycles. The van der Waals surface area contributed by atoms with Gasteiger partial charge in [0.25, 0.3) is 11.9 Å². The minimum Gasteiger partial charge on any atom is -0.452 e. The average Bonchev–Trinajstić information content (AvgIpc) is 3.48. The van der Waals surface area contributed by atoms with Gasteiger partial charge >= 0.3 is 12.1 Å². The van der Waals surface area contributed by atoms with E-state index in [1.54, 1.807) is 4.90 Å². The summed E-state index contributed by atoms with van der Waals surface area (Å²) in [5.41, 5.74) is -0.509. The van der Waals surface area contributed by atoms with Gasteiger partial charge in [0.1, 0.15) is 23.0 Å². The van der Waals surface area contributed by atoms with Gasteiger partial charge in [0.15, 0.2) is 0 Å². The summed E-state index contributed by atoms with van der Waals surface area (Å²) in [6.07, 6.45) is -1.53. The van der Waals surface area contributed by atoms with E-state index in [4.69, 9.17) is 4.74 Å². The molecule has 10 nitrogen and oxygen atoms in total. The maximum Gasteiger partial charge on any atom is 0.573 e. The predicted octanol–water partition coefficient (Wildman–Crippen LogP) is 2.86. The maximum absolute atomic E-state index is 13.7. The van der Waals surface area contributed by atoms with Crippen LogP contribution in [0.25, 0.3) is 0 Å². The zero-order valence-electron chi connectivity index (χ0n) is 21.9. The van der Waals surface area contributed by atoms with Gasteiger partial charge in [-0.25, -0.2) is 4.79 Å². The third kappa shape index (κ3) is 5.72. The van der Waals surface area contributed by atoms with Crippen molar-refractivity contribution < 1.29 is 27.8 Å². The Bertz CT molecular complexity index is 1400. The zero-order chi connectivity index (χ0) is 28.1. The van der Waals surface area contributed by atoms with E-state index < -0.39 is 35.3 Å². The number of nitrogens with one attached hydrogen (secondary N) is 2. The summed E-state index contributed by atoms with van der Waals surface area (Å²) in [6, 6.07) is 5.04. The number of rotatable bonds is 8. The fourth-order valence-corrected chi connectivity index (χ4v) is 5.12. The van der Waals surface area contributed by atoms with Crippen LogP contribution in [0, 0.1) is 5.92 Å². The van der Waals surface area contributed by atoms with Crippen LogP contribution in [-0.2, 0) is 13.6 Å². The van der Waals surface area contributed by atoms with Gasteiger partial charge in [0.05, 0.1) is 5.60 Å². The summed E-state index contributed by atoms with van der Waals surface area (Å²) in [5, 5.41) is 16.7. The second-order valence-corrected chi connectivity index (χ2v) is 10.7. The van der Waals surface area contributed by atoms with E-state index in [-0.39, 0.29) is 42.2 Å². The molecule has 5 rings (SSSR count). The van der Waals surface area contributed by atoms with Crippen molar-refractivity contribution in [2.75, 3.05) is 16.8 Å². The van der Waals surface area contributed by atoms with Gasteiger partial charge in [-0.05, 0) is 56.9 Å². The molecular formula is C26H32F3N5O5. The first-order valence-corrected chi connectivity index (χ1v) is 12.9. The van der Waals surface area contributed by atoms with E-state index in [2.05, 4.69) is 22.3 Å². The summed E-state index contributed by atoms with van der Waals surface area (Å²) in [7, 11) is 1.53. The molecule has 0 amide bonds. The Morgan fingerprint density at radius 1 is 1.21 bits per heavy atom. The van der Waals surface area contributed by atoms with Crippen LogP contribution in [-0.4, -0.2) is 45.1 Å². The highest BCUT2D eigenvalue weighted by Gasteiger charge is 2.42. The highest BCUT2D eigenvalue weighted by atomic mass is 19.4. The smallest absolute Gasteiger partial charge is 0.452 e. The molecule has 13 heteroatoms. The van der Waals surface area contributed by atoms with E-state index in [0.717, 1.165) is 23.1 Å². The highest BCUT2D eigenvalue weighted by molar-refractivity contribution is 5.71. The Labute approximate surface area is 222 Å². The maximum atomic E-state index is 13.7. The van der Waals surface area contributed by atoms with Crippen molar-refractivity contribution in [2.45, 2.75) is 70.4 Å². The molecule has 2 aromatic rings. The third-order valence-electron chi connectivity index (χ3n) is 7.54. The number of hydrogen-bond acceptors (Lipinski definition) is 8. The number of ether oxygens (including phenoxy) is 2. The molecule has 0 spiro atoms. The van der Waals surface area contributed by atoms with E-state index in [0.29, 0.717) is 19.4 Å². The number of anilines is 2. The topological polar surface area (TPSA) is 110 Å². The van der Waals surface area contributed by atoms with Gasteiger partial charge in [-0.1, -0.05) is 18.6 Å². The van der Waals surface area contributed by atoms with Crippen molar-refractivity contribution in [3.8, 4) is 11.5 Å². The van der Waals surface area contributed by atoms with Crippen LogP contribution in [0.5, 0.6) is 11.5 Å². The molecule has 1 aromatic carbocycles. The molecule has 0 radical (unpaired) electrons. The van der Waals surface area contributed by atoms with Crippen molar-refractivity contribution >= 4 is 11.5 Å². The monoisotopic (exact) mass is 551 g/mol. The predicted molar refractivity (Wildman–Crippen MR) is 138 cm³/mol. The molecular weight excluding hydrogens is 519 g/mol. The summed E-state index contributed by atoms with van der Waals surface area (Å²) < 4.78 is 50.8. The second-order valence-electron chi connectivity index (χ2n) is 10.7. The Morgan fingerprint density at radius 2 is 1.92 bits per heavy atom. The zero-order valence-corrected chi connectivity index (χ0v) is 21.9. The quantitative estimate of drug-likeness (QED) is 0.460. The van der Waals surface area contributed by atoms with Crippen LogP contribution >= 0.6 is 0 Å². The number of nitrogens with zero attached hydrogens (tertiary/aromatic N) is 3. The van der Waals surface area contributed by atoms with Gasteiger partial charge in [-0.3, -0.25) is 13.9 Å². The molecule has 212 valence electrons. The molecule has 1 fully saturated rings. The Hall–Kier alpha value is -3.61. The molecule has 39 heavy (non-hydrogen) atoms. The Kier molecular flexibility index (Phi) is 6.81. The third-order valence-corrected chi connectivity index (χ3v) is 7.54. The van der Waals surface area contributed by atoms with Crippen molar-refractivity contribution in [1.29, 1.82) is 0 Å². The van der Waals surface area contributed by atoms with Gasteiger partial charge in [0.2, 0.25) is 0 Å². The SMILES string of the molecule is CC1=CNC(CN2c3c(n(C)c(=O)n(CCC4(O)CC4)c3=O)NC2Oc2cccc(OC(F)(F)F)c2)C(C)C1. The average molecular weight is 552 g/mol. The van der Waals surface area contributed by atoms with E-state index in [1.165, 1.54) is 29.3 Å². The number of halogens is 3. The van der Waals surface area contributed by atoms with Crippen LogP contribution in [0.1, 0.15) is 39.5 Å². The summed E-state index contributed by atoms with van der Waals surface area (Å²) in [6.45, 7) is 4.48. The lowest BCUT2D eigenvalue weighted by atomic mass is 9.91. The van der Waals surface area contributed by atoms with E-state index >= 15 is 0 Å². The first-order valence-electron chi connectivity index (χ1n) is 12.9. The first-order chi connectivity index (χ1) is 18.3. The van der Waals surface area contributed by atoms with Gasteiger partial charge in [-0.15, -0.1) is 13.2 Å². The number of allylic oxidation sites excluding steroid dienone is 1. The van der Waals surface area contributed by atoms with E-state index in [9.17, 15) is 27.9 Å². The van der Waals surface area contributed by atoms with Crippen LogP contribution in [0.3, 0.4) is 0 Å². The first kappa shape index (κ1) is 27.0. The molecule has 3 aliphatic rings.